The van der Waals surface area contributed by atoms with Crippen LogP contribution in [0, 0.1) is 12.8 Å². The number of rotatable bonds is 7. The van der Waals surface area contributed by atoms with Gasteiger partial charge in [0.05, 0.1) is 19.1 Å². The molecule has 144 valence electrons. The van der Waals surface area contributed by atoms with Crippen molar-refractivity contribution in [3.8, 4) is 5.75 Å². The molecule has 0 saturated carbocycles. The molecule has 0 aliphatic carbocycles. The second kappa shape index (κ2) is 10.7. The van der Waals surface area contributed by atoms with E-state index in [0.717, 1.165) is 44.2 Å². The molecule has 6 heteroatoms. The lowest BCUT2D eigenvalue weighted by Gasteiger charge is -2.33. The summed E-state index contributed by atoms with van der Waals surface area (Å²) in [6.45, 7) is 9.98. The smallest absolute Gasteiger partial charge is 0.309 e. The van der Waals surface area contributed by atoms with E-state index in [1.807, 2.05) is 38.1 Å². The fraction of sp³-hybridized carbons (Fsp3) is 0.600. The molecule has 1 aliphatic heterocycles. The number of nitrogens with one attached hydrogen (secondary N) is 1. The highest BCUT2D eigenvalue weighted by Crippen LogP contribution is 2.19. The first-order valence-electron chi connectivity index (χ1n) is 9.53. The van der Waals surface area contributed by atoms with Crippen LogP contribution in [-0.2, 0) is 9.53 Å². The molecule has 0 amide bonds. The van der Waals surface area contributed by atoms with Gasteiger partial charge in [-0.3, -0.25) is 4.79 Å². The van der Waals surface area contributed by atoms with Gasteiger partial charge >= 0.3 is 5.97 Å². The van der Waals surface area contributed by atoms with Crippen molar-refractivity contribution in [3.63, 3.8) is 0 Å². The van der Waals surface area contributed by atoms with E-state index in [0.29, 0.717) is 19.8 Å². The number of aryl methyl sites for hydroxylation is 1. The Morgan fingerprint density at radius 2 is 2.08 bits per heavy atom. The summed E-state index contributed by atoms with van der Waals surface area (Å²) < 4.78 is 10.9. The number of benzene rings is 1. The lowest BCUT2D eigenvalue weighted by atomic mass is 9.97. The standard InChI is InChI=1S/C20H31N3O3/c1-4-21-20(22-11-14-26-18-8-6-7-16(3)15-18)23-12-9-17(10-13-23)19(24)25-5-2/h6-8,15,17H,4-5,9-14H2,1-3H3,(H,21,22). The minimum Gasteiger partial charge on any atom is -0.492 e. The van der Waals surface area contributed by atoms with Crippen LogP contribution in [0.5, 0.6) is 5.75 Å². The van der Waals surface area contributed by atoms with Crippen LogP contribution in [0.15, 0.2) is 29.3 Å². The summed E-state index contributed by atoms with van der Waals surface area (Å²) in [6, 6.07) is 8.02. The normalized spacial score (nSPS) is 15.7. The number of aliphatic imine (C=N–C) groups is 1. The summed E-state index contributed by atoms with van der Waals surface area (Å²) in [5, 5.41) is 3.33. The molecule has 1 saturated heterocycles. The second-order valence-corrected chi connectivity index (χ2v) is 6.41. The number of esters is 1. The Morgan fingerprint density at radius 3 is 2.73 bits per heavy atom. The molecule has 0 aromatic heterocycles. The van der Waals surface area contributed by atoms with Gasteiger partial charge in [0.2, 0.25) is 0 Å². The van der Waals surface area contributed by atoms with E-state index in [1.165, 1.54) is 5.56 Å². The van der Waals surface area contributed by atoms with E-state index in [4.69, 9.17) is 9.47 Å². The van der Waals surface area contributed by atoms with Crippen LogP contribution in [0.2, 0.25) is 0 Å². The van der Waals surface area contributed by atoms with Crippen molar-refractivity contribution in [1.29, 1.82) is 0 Å². The van der Waals surface area contributed by atoms with Crippen molar-refractivity contribution in [3.05, 3.63) is 29.8 Å². The van der Waals surface area contributed by atoms with Gasteiger partial charge in [0.15, 0.2) is 5.96 Å². The summed E-state index contributed by atoms with van der Waals surface area (Å²) in [4.78, 5) is 18.8. The summed E-state index contributed by atoms with van der Waals surface area (Å²) in [5.74, 6) is 1.71. The molecule has 1 N–H and O–H groups in total. The summed E-state index contributed by atoms with van der Waals surface area (Å²) in [5.41, 5.74) is 1.18. The van der Waals surface area contributed by atoms with Crippen LogP contribution in [0.1, 0.15) is 32.3 Å². The first kappa shape index (κ1) is 20.1. The number of guanidine groups is 1. The van der Waals surface area contributed by atoms with Gasteiger partial charge in [-0.2, -0.15) is 0 Å². The van der Waals surface area contributed by atoms with Crippen molar-refractivity contribution in [2.75, 3.05) is 39.4 Å². The highest BCUT2D eigenvalue weighted by Gasteiger charge is 2.27. The summed E-state index contributed by atoms with van der Waals surface area (Å²) in [6.07, 6.45) is 1.62. The van der Waals surface area contributed by atoms with Gasteiger partial charge in [0.25, 0.3) is 0 Å². The Hall–Kier alpha value is -2.24. The van der Waals surface area contributed by atoms with Crippen molar-refractivity contribution in [2.24, 2.45) is 10.9 Å². The molecule has 6 nitrogen and oxygen atoms in total. The molecule has 2 rings (SSSR count). The van der Waals surface area contributed by atoms with Crippen molar-refractivity contribution < 1.29 is 14.3 Å². The lowest BCUT2D eigenvalue weighted by molar-refractivity contribution is -0.149. The Kier molecular flexibility index (Phi) is 8.25. The van der Waals surface area contributed by atoms with Gasteiger partial charge in [-0.15, -0.1) is 0 Å². The predicted octanol–water partition coefficient (Wildman–Crippen LogP) is 2.61. The van der Waals surface area contributed by atoms with Gasteiger partial charge < -0.3 is 19.7 Å². The molecule has 1 aromatic rings. The molecule has 26 heavy (non-hydrogen) atoms. The van der Waals surface area contributed by atoms with Crippen LogP contribution in [0.3, 0.4) is 0 Å². The predicted molar refractivity (Wildman–Crippen MR) is 104 cm³/mol. The van der Waals surface area contributed by atoms with Crippen LogP contribution < -0.4 is 10.1 Å². The highest BCUT2D eigenvalue weighted by atomic mass is 16.5. The van der Waals surface area contributed by atoms with E-state index >= 15 is 0 Å². The third-order valence-electron chi connectivity index (χ3n) is 4.36. The molecule has 0 atom stereocenters. The van der Waals surface area contributed by atoms with E-state index < -0.39 is 0 Å². The fourth-order valence-electron chi connectivity index (χ4n) is 3.03. The monoisotopic (exact) mass is 361 g/mol. The molecule has 0 radical (unpaired) electrons. The number of carbonyl (C=O) groups is 1. The Morgan fingerprint density at radius 1 is 1.31 bits per heavy atom. The van der Waals surface area contributed by atoms with E-state index in [9.17, 15) is 4.79 Å². The highest BCUT2D eigenvalue weighted by molar-refractivity contribution is 5.80. The largest absolute Gasteiger partial charge is 0.492 e. The molecule has 1 heterocycles. The number of hydrogen-bond donors (Lipinski definition) is 1. The number of ether oxygens (including phenoxy) is 2. The Labute approximate surface area is 156 Å². The Balaban J connectivity index is 1.82. The average molecular weight is 361 g/mol. The fourth-order valence-corrected chi connectivity index (χ4v) is 3.03. The maximum absolute atomic E-state index is 11.9. The average Bonchev–Trinajstić information content (AvgIpc) is 2.65. The van der Waals surface area contributed by atoms with Crippen molar-refractivity contribution >= 4 is 11.9 Å². The number of nitrogens with zero attached hydrogens (tertiary/aromatic N) is 2. The first-order chi connectivity index (χ1) is 12.6. The van der Waals surface area contributed by atoms with Crippen LogP contribution in [-0.4, -0.2) is 56.2 Å². The van der Waals surface area contributed by atoms with Gasteiger partial charge in [-0.25, -0.2) is 4.99 Å². The Bertz CT molecular complexity index is 596. The maximum atomic E-state index is 11.9. The van der Waals surface area contributed by atoms with E-state index in [2.05, 4.69) is 22.1 Å². The van der Waals surface area contributed by atoms with Gasteiger partial charge in [-0.1, -0.05) is 12.1 Å². The minimum absolute atomic E-state index is 0.0127. The number of carbonyl (C=O) groups excluding carboxylic acids is 1. The molecule has 1 aromatic carbocycles. The number of likely N-dealkylation sites (tertiary alicyclic amines) is 1. The van der Waals surface area contributed by atoms with Crippen LogP contribution in [0.25, 0.3) is 0 Å². The zero-order valence-electron chi connectivity index (χ0n) is 16.2. The number of piperidine rings is 1. The second-order valence-electron chi connectivity index (χ2n) is 6.41. The number of hydrogen-bond acceptors (Lipinski definition) is 4. The molecular weight excluding hydrogens is 330 g/mol. The van der Waals surface area contributed by atoms with Gasteiger partial charge in [0, 0.05) is 19.6 Å². The molecule has 1 fully saturated rings. The van der Waals surface area contributed by atoms with Gasteiger partial charge in [-0.05, 0) is 51.3 Å². The minimum atomic E-state index is -0.0688. The zero-order chi connectivity index (χ0) is 18.8. The molecular formula is C20H31N3O3. The van der Waals surface area contributed by atoms with Crippen LogP contribution in [0.4, 0.5) is 0 Å². The van der Waals surface area contributed by atoms with E-state index in [-0.39, 0.29) is 11.9 Å². The molecule has 0 spiro atoms. The molecule has 0 bridgehead atoms. The maximum Gasteiger partial charge on any atom is 0.309 e. The van der Waals surface area contributed by atoms with Crippen molar-refractivity contribution in [2.45, 2.75) is 33.6 Å². The van der Waals surface area contributed by atoms with Crippen LogP contribution >= 0.6 is 0 Å². The third-order valence-corrected chi connectivity index (χ3v) is 4.36. The van der Waals surface area contributed by atoms with E-state index in [1.54, 1.807) is 0 Å². The zero-order valence-corrected chi connectivity index (χ0v) is 16.2. The molecule has 0 unspecified atom stereocenters. The summed E-state index contributed by atoms with van der Waals surface area (Å²) >= 11 is 0. The van der Waals surface area contributed by atoms with Gasteiger partial charge in [0.1, 0.15) is 12.4 Å². The lowest BCUT2D eigenvalue weighted by Crippen LogP contribution is -2.46. The molecule has 1 aliphatic rings. The van der Waals surface area contributed by atoms with Crippen molar-refractivity contribution in [1.82, 2.24) is 10.2 Å². The topological polar surface area (TPSA) is 63.2 Å². The summed E-state index contributed by atoms with van der Waals surface area (Å²) in [7, 11) is 0. The first-order valence-corrected chi connectivity index (χ1v) is 9.53. The SMILES string of the molecule is CCNC(=NCCOc1cccc(C)c1)N1CCC(C(=O)OCC)CC1. The third kappa shape index (κ3) is 6.24. The quantitative estimate of drug-likeness (QED) is 0.350.